The number of hydrogen-bond acceptors (Lipinski definition) is 5. The normalized spacial score (nSPS) is 15.9. The van der Waals surface area contributed by atoms with Gasteiger partial charge in [-0.1, -0.05) is 12.1 Å². The largest absolute Gasteiger partial charge is 0.497 e. The highest BCUT2D eigenvalue weighted by atomic mass is 16.5. The van der Waals surface area contributed by atoms with E-state index >= 15 is 0 Å². The molecule has 154 valence electrons. The summed E-state index contributed by atoms with van der Waals surface area (Å²) in [5.74, 6) is 1.34. The Bertz CT molecular complexity index is 883. The summed E-state index contributed by atoms with van der Waals surface area (Å²) in [4.78, 5) is 26.9. The van der Waals surface area contributed by atoms with Gasteiger partial charge in [0, 0.05) is 25.6 Å². The zero-order valence-electron chi connectivity index (χ0n) is 16.9. The van der Waals surface area contributed by atoms with E-state index in [0.29, 0.717) is 36.7 Å². The molecular weight excluding hydrogens is 372 g/mol. The first-order chi connectivity index (χ1) is 14.0. The number of carbonyl (C=O) groups is 2. The zero-order valence-corrected chi connectivity index (χ0v) is 16.9. The molecule has 1 atom stereocenters. The van der Waals surface area contributed by atoms with Crippen LogP contribution in [0.15, 0.2) is 42.5 Å². The first-order valence-electron chi connectivity index (χ1n) is 9.47. The van der Waals surface area contributed by atoms with E-state index in [9.17, 15) is 9.59 Å². The molecule has 1 aliphatic heterocycles. The van der Waals surface area contributed by atoms with Crippen LogP contribution in [-0.2, 0) is 16.0 Å². The molecule has 1 heterocycles. The highest BCUT2D eigenvalue weighted by Crippen LogP contribution is 2.30. The first-order valence-corrected chi connectivity index (χ1v) is 9.47. The predicted molar refractivity (Wildman–Crippen MR) is 110 cm³/mol. The minimum Gasteiger partial charge on any atom is -0.497 e. The van der Waals surface area contributed by atoms with Crippen LogP contribution in [0.2, 0.25) is 0 Å². The monoisotopic (exact) mass is 398 g/mol. The van der Waals surface area contributed by atoms with E-state index in [2.05, 4.69) is 5.32 Å². The summed E-state index contributed by atoms with van der Waals surface area (Å²) in [5.41, 5.74) is 1.62. The maximum Gasteiger partial charge on any atom is 0.229 e. The Morgan fingerprint density at radius 3 is 2.55 bits per heavy atom. The Kier molecular flexibility index (Phi) is 6.59. The van der Waals surface area contributed by atoms with Gasteiger partial charge in [0.1, 0.15) is 17.2 Å². The molecule has 3 rings (SSSR count). The fourth-order valence-corrected chi connectivity index (χ4v) is 3.40. The molecule has 0 saturated carbocycles. The number of rotatable bonds is 8. The van der Waals surface area contributed by atoms with Gasteiger partial charge in [0.05, 0.1) is 32.9 Å². The number of anilines is 1. The lowest BCUT2D eigenvalue weighted by Crippen LogP contribution is -2.30. The van der Waals surface area contributed by atoms with Crippen molar-refractivity contribution in [2.45, 2.75) is 12.8 Å². The molecule has 0 aliphatic carbocycles. The summed E-state index contributed by atoms with van der Waals surface area (Å²) in [6.07, 6.45) is 0.914. The molecule has 1 N–H and O–H groups in total. The van der Waals surface area contributed by atoms with E-state index in [0.717, 1.165) is 11.3 Å². The van der Waals surface area contributed by atoms with Gasteiger partial charge in [0.25, 0.3) is 0 Å². The summed E-state index contributed by atoms with van der Waals surface area (Å²) in [6, 6.07) is 13.0. The number of hydrogen-bond donors (Lipinski definition) is 1. The second-order valence-electron chi connectivity index (χ2n) is 6.90. The minimum atomic E-state index is -0.399. The van der Waals surface area contributed by atoms with Gasteiger partial charge in [-0.3, -0.25) is 9.59 Å². The Morgan fingerprint density at radius 2 is 1.83 bits per heavy atom. The first kappa shape index (κ1) is 20.5. The van der Waals surface area contributed by atoms with Gasteiger partial charge < -0.3 is 24.4 Å². The maximum absolute atomic E-state index is 12.7. The Hall–Kier alpha value is -3.22. The van der Waals surface area contributed by atoms with E-state index in [-0.39, 0.29) is 18.2 Å². The van der Waals surface area contributed by atoms with Gasteiger partial charge in [-0.15, -0.1) is 0 Å². The lowest BCUT2D eigenvalue weighted by Gasteiger charge is -2.17. The summed E-state index contributed by atoms with van der Waals surface area (Å²) in [7, 11) is 4.73. The molecule has 1 aliphatic rings. The number of amides is 2. The smallest absolute Gasteiger partial charge is 0.229 e. The fraction of sp³-hybridized carbons (Fsp3) is 0.364. The number of ether oxygens (including phenoxy) is 3. The lowest BCUT2D eigenvalue weighted by atomic mass is 10.1. The summed E-state index contributed by atoms with van der Waals surface area (Å²) in [5, 5.41) is 2.87. The van der Waals surface area contributed by atoms with Crippen LogP contribution in [-0.4, -0.2) is 51.1 Å². The molecule has 7 nitrogen and oxygen atoms in total. The fourth-order valence-electron chi connectivity index (χ4n) is 3.40. The topological polar surface area (TPSA) is 77.1 Å². The SMILES string of the molecule is COc1cccc(CCN2CC(C(=O)Nc3cc(OC)ccc3OC)CC2=O)c1. The van der Waals surface area contributed by atoms with Crippen molar-refractivity contribution in [2.24, 2.45) is 5.92 Å². The van der Waals surface area contributed by atoms with Crippen LogP contribution in [0, 0.1) is 5.92 Å². The van der Waals surface area contributed by atoms with E-state index in [4.69, 9.17) is 14.2 Å². The number of methoxy groups -OCH3 is 3. The van der Waals surface area contributed by atoms with Crippen molar-refractivity contribution in [3.8, 4) is 17.2 Å². The predicted octanol–water partition coefficient (Wildman–Crippen LogP) is 2.74. The highest BCUT2D eigenvalue weighted by Gasteiger charge is 2.34. The summed E-state index contributed by atoms with van der Waals surface area (Å²) in [6.45, 7) is 0.971. The molecule has 29 heavy (non-hydrogen) atoms. The van der Waals surface area contributed by atoms with E-state index in [1.54, 1.807) is 37.3 Å². The van der Waals surface area contributed by atoms with Crippen molar-refractivity contribution < 1.29 is 23.8 Å². The third kappa shape index (κ3) is 4.99. The molecular formula is C22H26N2O5. The molecule has 1 unspecified atom stereocenters. The number of benzene rings is 2. The third-order valence-electron chi connectivity index (χ3n) is 5.05. The summed E-state index contributed by atoms with van der Waals surface area (Å²) >= 11 is 0. The average molecular weight is 398 g/mol. The van der Waals surface area contributed by atoms with Gasteiger partial charge >= 0.3 is 0 Å². The Labute approximate surface area is 170 Å². The second kappa shape index (κ2) is 9.32. The second-order valence-corrected chi connectivity index (χ2v) is 6.90. The maximum atomic E-state index is 12.7. The average Bonchev–Trinajstić information content (AvgIpc) is 3.13. The minimum absolute atomic E-state index is 0.00865. The molecule has 2 amide bonds. The Morgan fingerprint density at radius 1 is 1.07 bits per heavy atom. The van der Waals surface area contributed by atoms with Crippen LogP contribution in [0.5, 0.6) is 17.2 Å². The zero-order chi connectivity index (χ0) is 20.8. The summed E-state index contributed by atoms with van der Waals surface area (Å²) < 4.78 is 15.7. The Balaban J connectivity index is 1.60. The molecule has 1 saturated heterocycles. The van der Waals surface area contributed by atoms with Crippen molar-refractivity contribution in [2.75, 3.05) is 39.7 Å². The molecule has 0 radical (unpaired) electrons. The van der Waals surface area contributed by atoms with Crippen LogP contribution in [0.4, 0.5) is 5.69 Å². The molecule has 2 aromatic carbocycles. The molecule has 7 heteroatoms. The van der Waals surface area contributed by atoms with Gasteiger partial charge in [-0.25, -0.2) is 0 Å². The van der Waals surface area contributed by atoms with E-state index in [1.807, 2.05) is 24.3 Å². The lowest BCUT2D eigenvalue weighted by molar-refractivity contribution is -0.128. The number of nitrogens with one attached hydrogen (secondary N) is 1. The number of nitrogens with zero attached hydrogens (tertiary/aromatic N) is 1. The van der Waals surface area contributed by atoms with E-state index < -0.39 is 5.92 Å². The van der Waals surface area contributed by atoms with Gasteiger partial charge in [-0.2, -0.15) is 0 Å². The molecule has 0 spiro atoms. The van der Waals surface area contributed by atoms with Gasteiger partial charge in [0.15, 0.2) is 0 Å². The van der Waals surface area contributed by atoms with Crippen molar-refractivity contribution in [3.05, 3.63) is 48.0 Å². The van der Waals surface area contributed by atoms with Gasteiger partial charge in [0.2, 0.25) is 11.8 Å². The molecule has 2 aromatic rings. The van der Waals surface area contributed by atoms with Crippen molar-refractivity contribution >= 4 is 17.5 Å². The van der Waals surface area contributed by atoms with Crippen molar-refractivity contribution in [1.29, 1.82) is 0 Å². The van der Waals surface area contributed by atoms with Gasteiger partial charge in [-0.05, 0) is 36.2 Å². The van der Waals surface area contributed by atoms with Crippen molar-refractivity contribution in [1.82, 2.24) is 4.90 Å². The highest BCUT2D eigenvalue weighted by molar-refractivity contribution is 5.98. The standard InChI is InChI=1S/C22H26N2O5/c1-27-17-6-4-5-15(11-17)9-10-24-14-16(12-21(24)25)22(26)23-19-13-18(28-2)7-8-20(19)29-3/h4-8,11,13,16H,9-10,12,14H2,1-3H3,(H,23,26). The molecule has 0 aromatic heterocycles. The number of carbonyl (C=O) groups excluding carboxylic acids is 2. The van der Waals surface area contributed by atoms with Crippen LogP contribution in [0.1, 0.15) is 12.0 Å². The van der Waals surface area contributed by atoms with Crippen molar-refractivity contribution in [3.63, 3.8) is 0 Å². The van der Waals surface area contributed by atoms with E-state index in [1.165, 1.54) is 7.11 Å². The van der Waals surface area contributed by atoms with Crippen LogP contribution in [0.25, 0.3) is 0 Å². The molecule has 0 bridgehead atoms. The third-order valence-corrected chi connectivity index (χ3v) is 5.05. The quantitative estimate of drug-likeness (QED) is 0.740. The van der Waals surface area contributed by atoms with Crippen LogP contribution >= 0.6 is 0 Å². The number of likely N-dealkylation sites (tertiary alicyclic amines) is 1. The van der Waals surface area contributed by atoms with Crippen LogP contribution < -0.4 is 19.5 Å². The molecule has 1 fully saturated rings. The van der Waals surface area contributed by atoms with Crippen LogP contribution in [0.3, 0.4) is 0 Å².